The van der Waals surface area contributed by atoms with E-state index in [4.69, 9.17) is 5.73 Å². The van der Waals surface area contributed by atoms with Crippen LogP contribution < -0.4 is 10.6 Å². The molecule has 98 valence electrons. The molecule has 2 N–H and O–H groups in total. The van der Waals surface area contributed by atoms with Crippen molar-refractivity contribution in [1.82, 2.24) is 15.0 Å². The maximum Gasteiger partial charge on any atom is 0.173 e. The zero-order valence-corrected chi connectivity index (χ0v) is 11.9. The van der Waals surface area contributed by atoms with Crippen LogP contribution in [0.4, 0.5) is 11.6 Å². The molecule has 1 fully saturated rings. The lowest BCUT2D eigenvalue weighted by atomic mass is 10.1. The molecule has 2 aromatic rings. The van der Waals surface area contributed by atoms with Gasteiger partial charge in [-0.15, -0.1) is 0 Å². The summed E-state index contributed by atoms with van der Waals surface area (Å²) in [6, 6.07) is 4.33. The predicted octanol–water partition coefficient (Wildman–Crippen LogP) is 2.56. The lowest BCUT2D eigenvalue weighted by molar-refractivity contribution is 0.707. The molecule has 3 rings (SSSR count). The molecule has 5 nitrogen and oxygen atoms in total. The van der Waals surface area contributed by atoms with Gasteiger partial charge in [0.05, 0.1) is 12.2 Å². The van der Waals surface area contributed by atoms with Gasteiger partial charge in [0.2, 0.25) is 0 Å². The minimum Gasteiger partial charge on any atom is -0.381 e. The van der Waals surface area contributed by atoms with Gasteiger partial charge in [-0.3, -0.25) is 4.98 Å². The van der Waals surface area contributed by atoms with Crippen LogP contribution in [-0.4, -0.2) is 21.5 Å². The molecule has 0 aliphatic carbocycles. The highest BCUT2D eigenvalue weighted by molar-refractivity contribution is 9.10. The van der Waals surface area contributed by atoms with Crippen LogP contribution in [0.5, 0.6) is 0 Å². The number of nitrogens with two attached hydrogens (primary N) is 1. The summed E-state index contributed by atoms with van der Waals surface area (Å²) in [7, 11) is 0. The van der Waals surface area contributed by atoms with E-state index in [1.165, 1.54) is 5.56 Å². The van der Waals surface area contributed by atoms with Crippen molar-refractivity contribution in [3.05, 3.63) is 40.9 Å². The van der Waals surface area contributed by atoms with Gasteiger partial charge in [-0.1, -0.05) is 6.07 Å². The Kier molecular flexibility index (Phi) is 3.33. The van der Waals surface area contributed by atoms with E-state index in [1.807, 2.05) is 12.3 Å². The normalized spacial score (nSPS) is 18.8. The van der Waals surface area contributed by atoms with Crippen LogP contribution in [0.15, 0.2) is 35.3 Å². The van der Waals surface area contributed by atoms with Crippen LogP contribution in [0.3, 0.4) is 0 Å². The van der Waals surface area contributed by atoms with Gasteiger partial charge in [0, 0.05) is 18.9 Å². The number of pyridine rings is 1. The largest absolute Gasteiger partial charge is 0.381 e. The van der Waals surface area contributed by atoms with E-state index in [9.17, 15) is 0 Å². The van der Waals surface area contributed by atoms with E-state index in [1.54, 1.807) is 12.4 Å². The quantitative estimate of drug-likeness (QED) is 0.921. The molecule has 1 saturated heterocycles. The van der Waals surface area contributed by atoms with Crippen LogP contribution >= 0.6 is 15.9 Å². The number of anilines is 2. The second kappa shape index (κ2) is 5.13. The van der Waals surface area contributed by atoms with E-state index in [0.29, 0.717) is 10.4 Å². The predicted molar refractivity (Wildman–Crippen MR) is 77.7 cm³/mol. The third-order valence-corrected chi connectivity index (χ3v) is 3.73. The summed E-state index contributed by atoms with van der Waals surface area (Å²) in [5, 5.41) is 0. The van der Waals surface area contributed by atoms with Gasteiger partial charge in [-0.05, 0) is 40.4 Å². The highest BCUT2D eigenvalue weighted by Gasteiger charge is 2.29. The Morgan fingerprint density at radius 2 is 2.26 bits per heavy atom. The van der Waals surface area contributed by atoms with Gasteiger partial charge in [0.15, 0.2) is 11.6 Å². The third-order valence-electron chi connectivity index (χ3n) is 3.35. The van der Waals surface area contributed by atoms with Gasteiger partial charge in [-0.2, -0.15) is 0 Å². The van der Waals surface area contributed by atoms with Crippen molar-refractivity contribution in [2.24, 2.45) is 0 Å². The maximum atomic E-state index is 5.96. The van der Waals surface area contributed by atoms with Crippen LogP contribution in [-0.2, 0) is 0 Å². The van der Waals surface area contributed by atoms with E-state index >= 15 is 0 Å². The number of hydrogen-bond donors (Lipinski definition) is 1. The van der Waals surface area contributed by atoms with Crippen LogP contribution in [0.2, 0.25) is 0 Å². The van der Waals surface area contributed by atoms with Crippen LogP contribution in [0.25, 0.3) is 0 Å². The van der Waals surface area contributed by atoms with Crippen molar-refractivity contribution in [3.63, 3.8) is 0 Å². The Hall–Kier alpha value is -1.69. The highest BCUT2D eigenvalue weighted by atomic mass is 79.9. The Morgan fingerprint density at radius 1 is 1.37 bits per heavy atom. The second-order valence-electron chi connectivity index (χ2n) is 4.54. The summed E-state index contributed by atoms with van der Waals surface area (Å²) in [6.45, 7) is 0.939. The molecule has 0 aromatic carbocycles. The first-order valence-electron chi connectivity index (χ1n) is 6.20. The molecule has 0 amide bonds. The fourth-order valence-corrected chi connectivity index (χ4v) is 2.79. The molecule has 1 aliphatic rings. The van der Waals surface area contributed by atoms with E-state index in [0.717, 1.165) is 25.2 Å². The summed E-state index contributed by atoms with van der Waals surface area (Å²) in [4.78, 5) is 15.0. The third kappa shape index (κ3) is 2.40. The van der Waals surface area contributed by atoms with Crippen LogP contribution in [0.1, 0.15) is 24.4 Å². The van der Waals surface area contributed by atoms with Crippen molar-refractivity contribution >= 4 is 27.6 Å². The summed E-state index contributed by atoms with van der Waals surface area (Å²) in [5.41, 5.74) is 7.15. The van der Waals surface area contributed by atoms with E-state index in [-0.39, 0.29) is 6.04 Å². The number of aromatic nitrogens is 3. The first-order chi connectivity index (χ1) is 9.25. The monoisotopic (exact) mass is 319 g/mol. The van der Waals surface area contributed by atoms with Gasteiger partial charge in [-0.25, -0.2) is 9.97 Å². The molecule has 0 saturated carbocycles. The molecule has 2 aromatic heterocycles. The minimum atomic E-state index is 0.277. The molecular weight excluding hydrogens is 306 g/mol. The second-order valence-corrected chi connectivity index (χ2v) is 5.35. The molecule has 19 heavy (non-hydrogen) atoms. The number of halogens is 1. The van der Waals surface area contributed by atoms with Crippen molar-refractivity contribution < 1.29 is 0 Å². The molecular formula is C13H14BrN5. The lowest BCUT2D eigenvalue weighted by Gasteiger charge is -2.26. The summed E-state index contributed by atoms with van der Waals surface area (Å²) in [5.74, 6) is 1.22. The zero-order valence-electron chi connectivity index (χ0n) is 10.3. The first kappa shape index (κ1) is 12.3. The van der Waals surface area contributed by atoms with E-state index in [2.05, 4.69) is 41.8 Å². The zero-order chi connectivity index (χ0) is 13.2. The molecule has 0 bridgehead atoms. The van der Waals surface area contributed by atoms with Crippen molar-refractivity contribution in [1.29, 1.82) is 0 Å². The van der Waals surface area contributed by atoms with Gasteiger partial charge >= 0.3 is 0 Å². The topological polar surface area (TPSA) is 67.9 Å². The first-order valence-corrected chi connectivity index (χ1v) is 6.99. The highest BCUT2D eigenvalue weighted by Crippen LogP contribution is 2.37. The maximum absolute atomic E-state index is 5.96. The number of rotatable bonds is 2. The molecule has 1 aliphatic heterocycles. The average Bonchev–Trinajstić information content (AvgIpc) is 2.91. The molecule has 0 spiro atoms. The molecule has 6 heteroatoms. The van der Waals surface area contributed by atoms with Gasteiger partial charge in [0.1, 0.15) is 4.60 Å². The van der Waals surface area contributed by atoms with Gasteiger partial charge in [0.25, 0.3) is 0 Å². The van der Waals surface area contributed by atoms with Crippen LogP contribution in [0, 0.1) is 0 Å². The van der Waals surface area contributed by atoms with E-state index < -0.39 is 0 Å². The fourth-order valence-electron chi connectivity index (χ4n) is 2.52. The number of nitrogens with zero attached hydrogens (tertiary/aromatic N) is 4. The van der Waals surface area contributed by atoms with Crippen molar-refractivity contribution in [3.8, 4) is 0 Å². The number of hydrogen-bond acceptors (Lipinski definition) is 5. The summed E-state index contributed by atoms with van der Waals surface area (Å²) < 4.78 is 0.702. The summed E-state index contributed by atoms with van der Waals surface area (Å²) >= 11 is 3.35. The smallest absolute Gasteiger partial charge is 0.173 e. The molecule has 0 radical (unpaired) electrons. The van der Waals surface area contributed by atoms with Crippen molar-refractivity contribution in [2.45, 2.75) is 18.9 Å². The molecule has 1 unspecified atom stereocenters. The Bertz CT molecular complexity index is 575. The fraction of sp³-hybridized carbons (Fsp3) is 0.308. The molecule has 3 heterocycles. The standard InChI is InChI=1S/C13H14BrN5/c14-11-8-17-12(15)13(18-11)19-6-2-4-10(19)9-3-1-5-16-7-9/h1,3,5,7-8,10H,2,4,6H2,(H2,15,17). The lowest BCUT2D eigenvalue weighted by Crippen LogP contribution is -2.25. The average molecular weight is 320 g/mol. The Labute approximate surface area is 120 Å². The van der Waals surface area contributed by atoms with Gasteiger partial charge < -0.3 is 10.6 Å². The SMILES string of the molecule is Nc1ncc(Br)nc1N1CCCC1c1cccnc1. The Morgan fingerprint density at radius 3 is 3.05 bits per heavy atom. The summed E-state index contributed by atoms with van der Waals surface area (Å²) in [6.07, 6.45) is 7.52. The van der Waals surface area contributed by atoms with Crippen molar-refractivity contribution in [2.75, 3.05) is 17.2 Å². The minimum absolute atomic E-state index is 0.277. The number of nitrogen functional groups attached to an aromatic ring is 1. The Balaban J connectivity index is 1.97. The molecule has 1 atom stereocenters.